The Hall–Kier alpha value is -3.22. The molecule has 0 aromatic heterocycles. The highest BCUT2D eigenvalue weighted by molar-refractivity contribution is 5.91. The summed E-state index contributed by atoms with van der Waals surface area (Å²) in [5.41, 5.74) is 1.47. The molecule has 7 heteroatoms. The van der Waals surface area contributed by atoms with Crippen molar-refractivity contribution in [3.8, 4) is 17.2 Å². The third-order valence-corrected chi connectivity index (χ3v) is 3.81. The Kier molecular flexibility index (Phi) is 7.49. The van der Waals surface area contributed by atoms with E-state index in [2.05, 4.69) is 10.1 Å². The van der Waals surface area contributed by atoms with Gasteiger partial charge in [-0.25, -0.2) is 4.79 Å². The third-order valence-electron chi connectivity index (χ3n) is 3.81. The summed E-state index contributed by atoms with van der Waals surface area (Å²) in [6, 6.07) is 12.3. The first-order valence-corrected chi connectivity index (χ1v) is 8.36. The summed E-state index contributed by atoms with van der Waals surface area (Å²) in [4.78, 5) is 23.4. The zero-order chi connectivity index (χ0) is 19.6. The first-order valence-electron chi connectivity index (χ1n) is 8.36. The fourth-order valence-corrected chi connectivity index (χ4v) is 2.41. The van der Waals surface area contributed by atoms with Crippen LogP contribution >= 0.6 is 0 Å². The molecule has 0 fully saturated rings. The van der Waals surface area contributed by atoms with Gasteiger partial charge in [-0.15, -0.1) is 0 Å². The van der Waals surface area contributed by atoms with E-state index in [0.717, 1.165) is 5.56 Å². The van der Waals surface area contributed by atoms with E-state index in [9.17, 15) is 9.59 Å². The lowest BCUT2D eigenvalue weighted by molar-refractivity contribution is -0.142. The predicted molar refractivity (Wildman–Crippen MR) is 100 cm³/mol. The Morgan fingerprint density at radius 2 is 1.78 bits per heavy atom. The van der Waals surface area contributed by atoms with Crippen LogP contribution in [0.2, 0.25) is 0 Å². The van der Waals surface area contributed by atoms with Crippen LogP contribution in [0, 0.1) is 0 Å². The Balaban J connectivity index is 1.93. The van der Waals surface area contributed by atoms with Crippen molar-refractivity contribution in [1.29, 1.82) is 0 Å². The quantitative estimate of drug-likeness (QED) is 0.681. The minimum Gasteiger partial charge on any atom is -0.497 e. The van der Waals surface area contributed by atoms with E-state index in [0.29, 0.717) is 29.4 Å². The lowest BCUT2D eigenvalue weighted by atomic mass is 10.1. The topological polar surface area (TPSA) is 83.1 Å². The fraction of sp³-hybridized carbons (Fsp3) is 0.300. The van der Waals surface area contributed by atoms with Crippen LogP contribution in [0.3, 0.4) is 0 Å². The molecule has 0 bridgehead atoms. The number of esters is 1. The maximum atomic E-state index is 12.3. The molecular weight excluding hydrogens is 350 g/mol. The molecule has 0 aliphatic rings. The molecule has 0 heterocycles. The first-order chi connectivity index (χ1) is 13.0. The number of hydrogen-bond donors (Lipinski definition) is 1. The van der Waals surface area contributed by atoms with Gasteiger partial charge in [0.2, 0.25) is 5.91 Å². The summed E-state index contributed by atoms with van der Waals surface area (Å²) in [7, 11) is 4.47. The molecule has 2 aromatic rings. The van der Waals surface area contributed by atoms with Crippen molar-refractivity contribution in [2.75, 3.05) is 33.3 Å². The second-order valence-electron chi connectivity index (χ2n) is 5.62. The van der Waals surface area contributed by atoms with E-state index in [-0.39, 0.29) is 18.9 Å². The fourth-order valence-electron chi connectivity index (χ4n) is 2.41. The number of anilines is 1. The van der Waals surface area contributed by atoms with Gasteiger partial charge in [0.05, 0.1) is 21.3 Å². The van der Waals surface area contributed by atoms with Gasteiger partial charge in [-0.2, -0.15) is 0 Å². The standard InChI is InChI=1S/C20H23NO6/c1-24-16-8-9-18(25-2)14(11-16)7-10-19(22)21-15-5-4-6-17(12-15)27-13-20(23)26-3/h4-6,8-9,11-12H,7,10,13H2,1-3H3,(H,21,22). The maximum Gasteiger partial charge on any atom is 0.343 e. The number of hydrogen-bond acceptors (Lipinski definition) is 6. The Morgan fingerprint density at radius 3 is 2.48 bits per heavy atom. The van der Waals surface area contributed by atoms with Crippen LogP contribution in [0.25, 0.3) is 0 Å². The average molecular weight is 373 g/mol. The minimum atomic E-state index is -0.475. The van der Waals surface area contributed by atoms with Gasteiger partial charge in [-0.3, -0.25) is 4.79 Å². The molecule has 0 radical (unpaired) electrons. The van der Waals surface area contributed by atoms with E-state index in [4.69, 9.17) is 14.2 Å². The van der Waals surface area contributed by atoms with Crippen LogP contribution in [-0.4, -0.2) is 39.8 Å². The molecule has 2 rings (SSSR count). The van der Waals surface area contributed by atoms with Crippen LogP contribution in [0.1, 0.15) is 12.0 Å². The monoisotopic (exact) mass is 373 g/mol. The molecule has 0 saturated heterocycles. The second-order valence-corrected chi connectivity index (χ2v) is 5.62. The summed E-state index contributed by atoms with van der Waals surface area (Å²) in [6.45, 7) is -0.191. The Labute approximate surface area is 158 Å². The molecule has 0 spiro atoms. The zero-order valence-corrected chi connectivity index (χ0v) is 15.6. The highest BCUT2D eigenvalue weighted by Crippen LogP contribution is 2.25. The predicted octanol–water partition coefficient (Wildman–Crippen LogP) is 2.83. The molecule has 0 unspecified atom stereocenters. The Bertz CT molecular complexity index is 790. The molecular formula is C20H23NO6. The van der Waals surface area contributed by atoms with Crippen molar-refractivity contribution >= 4 is 17.6 Å². The van der Waals surface area contributed by atoms with Crippen molar-refractivity contribution in [2.24, 2.45) is 0 Å². The molecule has 144 valence electrons. The summed E-state index contributed by atoms with van der Waals surface area (Å²) in [6.07, 6.45) is 0.779. The van der Waals surface area contributed by atoms with E-state index >= 15 is 0 Å². The number of carbonyl (C=O) groups excluding carboxylic acids is 2. The number of amides is 1. The second kappa shape index (κ2) is 10.1. The van der Waals surface area contributed by atoms with Gasteiger partial charge in [0.1, 0.15) is 17.2 Å². The number of benzene rings is 2. The minimum absolute atomic E-state index is 0.148. The van der Waals surface area contributed by atoms with Crippen LogP contribution in [0.4, 0.5) is 5.69 Å². The van der Waals surface area contributed by atoms with E-state index in [1.165, 1.54) is 7.11 Å². The highest BCUT2D eigenvalue weighted by atomic mass is 16.6. The van der Waals surface area contributed by atoms with Gasteiger partial charge in [-0.1, -0.05) is 6.07 Å². The number of aryl methyl sites for hydroxylation is 1. The molecule has 27 heavy (non-hydrogen) atoms. The van der Waals surface area contributed by atoms with Crippen LogP contribution < -0.4 is 19.5 Å². The summed E-state index contributed by atoms with van der Waals surface area (Å²) in [5.74, 6) is 1.26. The lowest BCUT2D eigenvalue weighted by Gasteiger charge is -2.11. The van der Waals surface area contributed by atoms with E-state index < -0.39 is 5.97 Å². The van der Waals surface area contributed by atoms with Crippen molar-refractivity contribution in [1.82, 2.24) is 0 Å². The van der Waals surface area contributed by atoms with Crippen molar-refractivity contribution < 1.29 is 28.5 Å². The van der Waals surface area contributed by atoms with Gasteiger partial charge < -0.3 is 24.3 Å². The zero-order valence-electron chi connectivity index (χ0n) is 15.6. The summed E-state index contributed by atoms with van der Waals surface area (Å²) in [5, 5.41) is 2.81. The molecule has 0 saturated carbocycles. The number of methoxy groups -OCH3 is 3. The molecule has 0 atom stereocenters. The largest absolute Gasteiger partial charge is 0.497 e. The average Bonchev–Trinajstić information content (AvgIpc) is 2.70. The molecule has 7 nitrogen and oxygen atoms in total. The van der Waals surface area contributed by atoms with Gasteiger partial charge in [0, 0.05) is 18.2 Å². The van der Waals surface area contributed by atoms with Gasteiger partial charge in [-0.05, 0) is 42.3 Å². The van der Waals surface area contributed by atoms with E-state index in [1.54, 1.807) is 38.5 Å². The summed E-state index contributed by atoms with van der Waals surface area (Å²) < 4.78 is 20.4. The number of nitrogens with one attached hydrogen (secondary N) is 1. The number of ether oxygens (including phenoxy) is 4. The number of carbonyl (C=O) groups is 2. The molecule has 1 N–H and O–H groups in total. The molecule has 2 aromatic carbocycles. The van der Waals surface area contributed by atoms with Crippen LogP contribution in [-0.2, 0) is 20.7 Å². The maximum absolute atomic E-state index is 12.3. The number of rotatable bonds is 9. The molecule has 0 aliphatic carbocycles. The summed E-state index contributed by atoms with van der Waals surface area (Å²) >= 11 is 0. The Morgan fingerprint density at radius 1 is 0.963 bits per heavy atom. The van der Waals surface area contributed by atoms with Crippen molar-refractivity contribution in [2.45, 2.75) is 12.8 Å². The highest BCUT2D eigenvalue weighted by Gasteiger charge is 2.09. The normalized spacial score (nSPS) is 10.0. The van der Waals surface area contributed by atoms with Crippen LogP contribution in [0.15, 0.2) is 42.5 Å². The van der Waals surface area contributed by atoms with Crippen LogP contribution in [0.5, 0.6) is 17.2 Å². The van der Waals surface area contributed by atoms with Gasteiger partial charge in [0.25, 0.3) is 0 Å². The SMILES string of the molecule is COC(=O)COc1cccc(NC(=O)CCc2cc(OC)ccc2OC)c1. The van der Waals surface area contributed by atoms with Crippen molar-refractivity contribution in [3.05, 3.63) is 48.0 Å². The first kappa shape index (κ1) is 20.1. The van der Waals surface area contributed by atoms with Gasteiger partial charge >= 0.3 is 5.97 Å². The van der Waals surface area contributed by atoms with Gasteiger partial charge in [0.15, 0.2) is 6.61 Å². The lowest BCUT2D eigenvalue weighted by Crippen LogP contribution is -2.14. The van der Waals surface area contributed by atoms with E-state index in [1.807, 2.05) is 18.2 Å². The molecule has 1 amide bonds. The third kappa shape index (κ3) is 6.22. The smallest absolute Gasteiger partial charge is 0.343 e. The van der Waals surface area contributed by atoms with Crippen molar-refractivity contribution in [3.63, 3.8) is 0 Å². The molecule has 0 aliphatic heterocycles.